The predicted octanol–water partition coefficient (Wildman–Crippen LogP) is 5.06. The van der Waals surface area contributed by atoms with E-state index in [0.717, 1.165) is 31.0 Å². The van der Waals surface area contributed by atoms with E-state index in [-0.39, 0.29) is 29.6 Å². The molecular formula is C27H28F3N3O3S. The minimum Gasteiger partial charge on any atom is -0.378 e. The number of thiophene rings is 1. The lowest BCUT2D eigenvalue weighted by atomic mass is 9.99. The van der Waals surface area contributed by atoms with Crippen molar-refractivity contribution >= 4 is 17.2 Å². The Morgan fingerprint density at radius 2 is 1.97 bits per heavy atom. The van der Waals surface area contributed by atoms with Crippen LogP contribution in [0.25, 0.3) is 0 Å². The van der Waals surface area contributed by atoms with E-state index in [1.165, 1.54) is 21.4 Å². The summed E-state index contributed by atoms with van der Waals surface area (Å²) in [5.74, 6) is 0.320. The number of carbonyl (C=O) groups is 1. The number of amides is 1. The Kier molecular flexibility index (Phi) is 6.52. The molecule has 3 aromatic rings. The highest BCUT2D eigenvalue weighted by atomic mass is 32.1. The van der Waals surface area contributed by atoms with Gasteiger partial charge in [0.25, 0.3) is 11.5 Å². The molecule has 1 saturated carbocycles. The zero-order chi connectivity index (χ0) is 26.5. The Bertz CT molecular complexity index is 1390. The summed E-state index contributed by atoms with van der Waals surface area (Å²) in [5, 5.41) is 12.8. The third-order valence-corrected chi connectivity index (χ3v) is 8.48. The molecule has 2 aromatic heterocycles. The SMILES string of the molecule is CC(C)c1csc(C2(c3nc4c(c(=O)[nH]3)CN(C(=O)C(O)c3cccc(C(F)(F)F)c3)CCC4)CC2)c1. The van der Waals surface area contributed by atoms with Crippen molar-refractivity contribution in [2.24, 2.45) is 0 Å². The number of aromatic amines is 1. The standard InChI is InChI=1S/C27H28F3N3O3S/c1-15(2)17-12-21(37-14-17)26(8-9-26)25-31-20-7-4-10-33(13-19(20)23(35)32-25)24(36)22(34)16-5-3-6-18(11-16)27(28,29)30/h3,5-6,11-12,14-15,22,34H,4,7-10,13H2,1-2H3,(H,31,32,35). The Morgan fingerprint density at radius 3 is 2.62 bits per heavy atom. The monoisotopic (exact) mass is 531 g/mol. The highest BCUT2D eigenvalue weighted by Crippen LogP contribution is 2.54. The van der Waals surface area contributed by atoms with Gasteiger partial charge in [-0.1, -0.05) is 26.0 Å². The van der Waals surface area contributed by atoms with Crippen molar-refractivity contribution in [3.05, 3.63) is 84.7 Å². The van der Waals surface area contributed by atoms with E-state index in [1.54, 1.807) is 11.3 Å². The van der Waals surface area contributed by atoms with E-state index in [9.17, 15) is 27.9 Å². The minimum atomic E-state index is -4.59. The fraction of sp³-hybridized carbons (Fsp3) is 0.444. The van der Waals surface area contributed by atoms with Crippen LogP contribution in [0, 0.1) is 0 Å². The summed E-state index contributed by atoms with van der Waals surface area (Å²) in [4.78, 5) is 36.6. The second-order valence-corrected chi connectivity index (χ2v) is 11.1. The van der Waals surface area contributed by atoms with Gasteiger partial charge in [0, 0.05) is 11.4 Å². The lowest BCUT2D eigenvalue weighted by Gasteiger charge is -2.24. The first-order valence-electron chi connectivity index (χ1n) is 12.3. The predicted molar refractivity (Wildman–Crippen MR) is 133 cm³/mol. The highest BCUT2D eigenvalue weighted by Gasteiger charge is 2.50. The Morgan fingerprint density at radius 1 is 1.22 bits per heavy atom. The van der Waals surface area contributed by atoms with Gasteiger partial charge < -0.3 is 15.0 Å². The Balaban J connectivity index is 1.40. The molecule has 1 aromatic carbocycles. The van der Waals surface area contributed by atoms with Gasteiger partial charge in [-0.3, -0.25) is 9.59 Å². The summed E-state index contributed by atoms with van der Waals surface area (Å²) in [5.41, 5.74) is 0.570. The molecule has 1 fully saturated rings. The average Bonchev–Trinajstić information content (AvgIpc) is 3.57. The van der Waals surface area contributed by atoms with Gasteiger partial charge in [-0.15, -0.1) is 11.3 Å². The quantitative estimate of drug-likeness (QED) is 0.482. The van der Waals surface area contributed by atoms with Gasteiger partial charge in [-0.05, 0) is 66.3 Å². The van der Waals surface area contributed by atoms with Gasteiger partial charge in [0.15, 0.2) is 6.10 Å². The number of nitrogens with one attached hydrogen (secondary N) is 1. The molecule has 1 atom stereocenters. The lowest BCUT2D eigenvalue weighted by Crippen LogP contribution is -2.36. The average molecular weight is 532 g/mol. The molecule has 2 N–H and O–H groups in total. The van der Waals surface area contributed by atoms with Gasteiger partial charge in [0.2, 0.25) is 0 Å². The van der Waals surface area contributed by atoms with Crippen LogP contribution in [0.2, 0.25) is 0 Å². The molecule has 0 radical (unpaired) electrons. The summed E-state index contributed by atoms with van der Waals surface area (Å²) in [6.07, 6.45) is -3.53. The van der Waals surface area contributed by atoms with Gasteiger partial charge in [0.05, 0.1) is 28.8 Å². The number of aryl methyl sites for hydroxylation is 1. The molecule has 3 heterocycles. The number of H-pyrrole nitrogens is 1. The molecule has 1 aliphatic heterocycles. The van der Waals surface area contributed by atoms with Gasteiger partial charge in [-0.25, -0.2) is 4.98 Å². The van der Waals surface area contributed by atoms with Crippen molar-refractivity contribution in [3.8, 4) is 0 Å². The molecule has 5 rings (SSSR count). The largest absolute Gasteiger partial charge is 0.416 e. The maximum Gasteiger partial charge on any atom is 0.416 e. The Hall–Kier alpha value is -2.98. The van der Waals surface area contributed by atoms with Gasteiger partial charge in [0.1, 0.15) is 5.82 Å². The second kappa shape index (κ2) is 9.40. The molecule has 10 heteroatoms. The molecule has 6 nitrogen and oxygen atoms in total. The number of benzene rings is 1. The summed E-state index contributed by atoms with van der Waals surface area (Å²) in [7, 11) is 0. The van der Waals surface area contributed by atoms with Crippen LogP contribution < -0.4 is 5.56 Å². The number of fused-ring (bicyclic) bond motifs is 1. The molecule has 196 valence electrons. The van der Waals surface area contributed by atoms with Crippen LogP contribution in [0.15, 0.2) is 40.5 Å². The first-order chi connectivity index (χ1) is 17.5. The smallest absolute Gasteiger partial charge is 0.378 e. The number of aliphatic hydroxyl groups is 1. The number of hydrogen-bond acceptors (Lipinski definition) is 5. The summed E-state index contributed by atoms with van der Waals surface area (Å²) in [6, 6.07) is 6.31. The van der Waals surface area contributed by atoms with E-state index in [1.807, 2.05) is 0 Å². The normalized spacial score (nSPS) is 17.9. The number of aromatic nitrogens is 2. The third-order valence-electron chi connectivity index (χ3n) is 7.33. The van der Waals surface area contributed by atoms with Gasteiger partial charge in [-0.2, -0.15) is 13.2 Å². The van der Waals surface area contributed by atoms with Crippen molar-refractivity contribution in [2.75, 3.05) is 6.54 Å². The van der Waals surface area contributed by atoms with Crippen molar-refractivity contribution in [1.82, 2.24) is 14.9 Å². The van der Waals surface area contributed by atoms with E-state index in [4.69, 9.17) is 4.98 Å². The molecule has 1 aliphatic carbocycles. The molecule has 0 bridgehead atoms. The van der Waals surface area contributed by atoms with Crippen molar-refractivity contribution in [1.29, 1.82) is 0 Å². The number of halogens is 3. The zero-order valence-electron chi connectivity index (χ0n) is 20.6. The lowest BCUT2D eigenvalue weighted by molar-refractivity contribution is -0.142. The molecule has 1 unspecified atom stereocenters. The van der Waals surface area contributed by atoms with Crippen LogP contribution in [0.3, 0.4) is 0 Å². The first-order valence-corrected chi connectivity index (χ1v) is 13.2. The van der Waals surface area contributed by atoms with Crippen LogP contribution in [0.5, 0.6) is 0 Å². The van der Waals surface area contributed by atoms with Crippen LogP contribution >= 0.6 is 11.3 Å². The molecule has 37 heavy (non-hydrogen) atoms. The number of carbonyl (C=O) groups excluding carboxylic acids is 1. The van der Waals surface area contributed by atoms with Crippen LogP contribution in [-0.2, 0) is 29.4 Å². The van der Waals surface area contributed by atoms with E-state index in [2.05, 4.69) is 30.3 Å². The highest BCUT2D eigenvalue weighted by molar-refractivity contribution is 7.10. The van der Waals surface area contributed by atoms with Crippen molar-refractivity contribution in [2.45, 2.75) is 69.7 Å². The number of alkyl halides is 3. The topological polar surface area (TPSA) is 86.3 Å². The molecule has 0 spiro atoms. The zero-order valence-corrected chi connectivity index (χ0v) is 21.4. The molecular weight excluding hydrogens is 503 g/mol. The van der Waals surface area contributed by atoms with E-state index in [0.29, 0.717) is 35.8 Å². The van der Waals surface area contributed by atoms with Gasteiger partial charge >= 0.3 is 6.18 Å². The summed E-state index contributed by atoms with van der Waals surface area (Å²) < 4.78 is 39.3. The molecule has 1 amide bonds. The fourth-order valence-electron chi connectivity index (χ4n) is 4.87. The van der Waals surface area contributed by atoms with E-state index < -0.39 is 23.8 Å². The van der Waals surface area contributed by atoms with Crippen molar-refractivity contribution < 1.29 is 23.1 Å². The molecule has 2 aliphatic rings. The maximum absolute atomic E-state index is 13.2. The maximum atomic E-state index is 13.2. The molecule has 0 saturated heterocycles. The minimum absolute atomic E-state index is 0.0592. The van der Waals surface area contributed by atoms with Crippen LogP contribution in [0.1, 0.15) is 83.8 Å². The van der Waals surface area contributed by atoms with E-state index >= 15 is 0 Å². The summed E-state index contributed by atoms with van der Waals surface area (Å²) in [6.45, 7) is 4.49. The first kappa shape index (κ1) is 25.7. The summed E-state index contributed by atoms with van der Waals surface area (Å²) >= 11 is 1.68. The number of aliphatic hydroxyl groups excluding tert-OH is 1. The number of hydrogen-bond donors (Lipinski definition) is 2. The van der Waals surface area contributed by atoms with Crippen LogP contribution in [0.4, 0.5) is 13.2 Å². The third kappa shape index (κ3) is 4.84. The number of nitrogens with zero attached hydrogens (tertiary/aromatic N) is 2. The number of rotatable bonds is 5. The van der Waals surface area contributed by atoms with Crippen LogP contribution in [-0.4, -0.2) is 32.4 Å². The Labute approximate surface area is 216 Å². The van der Waals surface area contributed by atoms with Crippen molar-refractivity contribution in [3.63, 3.8) is 0 Å². The fourth-order valence-corrected chi connectivity index (χ4v) is 6.20. The second-order valence-electron chi connectivity index (χ2n) is 10.2.